The van der Waals surface area contributed by atoms with Gasteiger partial charge >= 0.3 is 0 Å². The predicted molar refractivity (Wildman–Crippen MR) is 60.6 cm³/mol. The van der Waals surface area contributed by atoms with Gasteiger partial charge in [0.15, 0.2) is 0 Å². The third-order valence-corrected chi connectivity index (χ3v) is 2.85. The molecule has 1 unspecified atom stereocenters. The maximum absolute atomic E-state index is 11.9. The van der Waals surface area contributed by atoms with Crippen LogP contribution < -0.4 is 5.32 Å². The van der Waals surface area contributed by atoms with E-state index in [1.807, 2.05) is 30.3 Å². The van der Waals surface area contributed by atoms with E-state index in [1.165, 1.54) is 0 Å². The molecule has 1 aliphatic carbocycles. The Bertz CT molecular complexity index is 330. The maximum Gasteiger partial charge on any atom is 0.227 e. The summed E-state index contributed by atoms with van der Waals surface area (Å²) in [6.45, 7) is 2.06. The summed E-state index contributed by atoms with van der Waals surface area (Å²) in [6.07, 6.45) is 3.16. The molecule has 1 aliphatic rings. The van der Waals surface area contributed by atoms with Crippen LogP contribution in [0.2, 0.25) is 0 Å². The van der Waals surface area contributed by atoms with Gasteiger partial charge in [-0.15, -0.1) is 0 Å². The Balaban J connectivity index is 2.05. The van der Waals surface area contributed by atoms with Crippen molar-refractivity contribution in [3.8, 4) is 0 Å². The fourth-order valence-electron chi connectivity index (χ4n) is 1.79. The number of carbonyl (C=O) groups is 1. The lowest BCUT2D eigenvalue weighted by atomic mass is 9.96. The van der Waals surface area contributed by atoms with Gasteiger partial charge in [-0.1, -0.05) is 37.3 Å². The zero-order valence-corrected chi connectivity index (χ0v) is 9.07. The minimum absolute atomic E-state index is 0.0202. The number of benzene rings is 1. The molecule has 0 aliphatic heterocycles. The van der Waals surface area contributed by atoms with E-state index in [2.05, 4.69) is 12.2 Å². The van der Waals surface area contributed by atoms with Crippen molar-refractivity contribution in [2.45, 2.75) is 38.1 Å². The molecule has 2 heteroatoms. The smallest absolute Gasteiger partial charge is 0.227 e. The third-order valence-electron chi connectivity index (χ3n) is 2.85. The fraction of sp³-hybridized carbons (Fsp3) is 0.462. The molecule has 1 N–H and O–H groups in total. The van der Waals surface area contributed by atoms with Gasteiger partial charge < -0.3 is 5.32 Å². The number of hydrogen-bond acceptors (Lipinski definition) is 1. The molecule has 0 aromatic heterocycles. The SMILES string of the molecule is CCC(C(=O)NC1CC1)c1ccccc1. The van der Waals surface area contributed by atoms with E-state index in [0.29, 0.717) is 6.04 Å². The molecule has 15 heavy (non-hydrogen) atoms. The second-order valence-electron chi connectivity index (χ2n) is 4.15. The van der Waals surface area contributed by atoms with Crippen LogP contribution in [0.3, 0.4) is 0 Å². The Labute approximate surface area is 90.7 Å². The topological polar surface area (TPSA) is 29.1 Å². The van der Waals surface area contributed by atoms with Crippen LogP contribution in [0.5, 0.6) is 0 Å². The average molecular weight is 203 g/mol. The van der Waals surface area contributed by atoms with Gasteiger partial charge in [-0.25, -0.2) is 0 Å². The quantitative estimate of drug-likeness (QED) is 0.800. The molecule has 0 spiro atoms. The largest absolute Gasteiger partial charge is 0.353 e. The summed E-state index contributed by atoms with van der Waals surface area (Å²) in [5.41, 5.74) is 1.12. The molecule has 0 saturated heterocycles. The molecular formula is C13H17NO. The highest BCUT2D eigenvalue weighted by atomic mass is 16.2. The van der Waals surface area contributed by atoms with E-state index >= 15 is 0 Å². The van der Waals surface area contributed by atoms with Crippen molar-refractivity contribution in [3.05, 3.63) is 35.9 Å². The van der Waals surface area contributed by atoms with Crippen LogP contribution >= 0.6 is 0 Å². The van der Waals surface area contributed by atoms with Gasteiger partial charge in [0.25, 0.3) is 0 Å². The molecule has 80 valence electrons. The minimum atomic E-state index is 0.0202. The zero-order valence-electron chi connectivity index (χ0n) is 9.07. The van der Waals surface area contributed by atoms with Crippen molar-refractivity contribution in [1.82, 2.24) is 5.32 Å². The summed E-state index contributed by atoms with van der Waals surface area (Å²) in [4.78, 5) is 11.9. The summed E-state index contributed by atoms with van der Waals surface area (Å²) in [7, 11) is 0. The lowest BCUT2D eigenvalue weighted by molar-refractivity contribution is -0.122. The Morgan fingerprint density at radius 1 is 1.40 bits per heavy atom. The van der Waals surface area contributed by atoms with Crippen molar-refractivity contribution >= 4 is 5.91 Å². The third kappa shape index (κ3) is 2.58. The van der Waals surface area contributed by atoms with Crippen LogP contribution in [0.1, 0.15) is 37.7 Å². The lowest BCUT2D eigenvalue weighted by Gasteiger charge is -2.14. The van der Waals surface area contributed by atoms with E-state index in [4.69, 9.17) is 0 Å². The molecule has 0 bridgehead atoms. The van der Waals surface area contributed by atoms with Crippen LogP contribution in [0.25, 0.3) is 0 Å². The van der Waals surface area contributed by atoms with Gasteiger partial charge in [-0.3, -0.25) is 4.79 Å². The van der Waals surface area contributed by atoms with E-state index < -0.39 is 0 Å². The summed E-state index contributed by atoms with van der Waals surface area (Å²) in [5, 5.41) is 3.06. The number of nitrogens with one attached hydrogen (secondary N) is 1. The second-order valence-corrected chi connectivity index (χ2v) is 4.15. The first kappa shape index (κ1) is 10.2. The van der Waals surface area contributed by atoms with Gasteiger partial charge in [0.05, 0.1) is 5.92 Å². The van der Waals surface area contributed by atoms with Crippen molar-refractivity contribution in [2.24, 2.45) is 0 Å². The average Bonchev–Trinajstić information content (AvgIpc) is 3.04. The first-order chi connectivity index (χ1) is 7.31. The molecule has 1 saturated carbocycles. The molecule has 2 nitrogen and oxygen atoms in total. The predicted octanol–water partition coefficient (Wildman–Crippen LogP) is 2.46. The van der Waals surface area contributed by atoms with Crippen LogP contribution in [0.4, 0.5) is 0 Å². The zero-order chi connectivity index (χ0) is 10.7. The highest BCUT2D eigenvalue weighted by Gasteiger charge is 2.27. The number of rotatable bonds is 4. The number of hydrogen-bond donors (Lipinski definition) is 1. The molecule has 1 amide bonds. The number of carbonyl (C=O) groups excluding carboxylic acids is 1. The highest BCUT2D eigenvalue weighted by molar-refractivity contribution is 5.84. The van der Waals surface area contributed by atoms with E-state index in [0.717, 1.165) is 24.8 Å². The van der Waals surface area contributed by atoms with Crippen molar-refractivity contribution in [3.63, 3.8) is 0 Å². The van der Waals surface area contributed by atoms with E-state index in [9.17, 15) is 4.79 Å². The summed E-state index contributed by atoms with van der Waals surface area (Å²) in [5.74, 6) is 0.206. The monoisotopic (exact) mass is 203 g/mol. The Morgan fingerprint density at radius 2 is 2.07 bits per heavy atom. The molecule has 0 radical (unpaired) electrons. The van der Waals surface area contributed by atoms with Crippen molar-refractivity contribution < 1.29 is 4.79 Å². The summed E-state index contributed by atoms with van der Waals surface area (Å²) in [6, 6.07) is 10.5. The first-order valence-electron chi connectivity index (χ1n) is 5.66. The molecule has 0 heterocycles. The molecule has 1 aromatic carbocycles. The van der Waals surface area contributed by atoms with Gasteiger partial charge in [-0.2, -0.15) is 0 Å². The molecule has 1 aromatic rings. The normalized spacial score (nSPS) is 17.1. The minimum Gasteiger partial charge on any atom is -0.353 e. The van der Waals surface area contributed by atoms with Crippen molar-refractivity contribution in [2.75, 3.05) is 0 Å². The van der Waals surface area contributed by atoms with E-state index in [1.54, 1.807) is 0 Å². The molecule has 1 atom stereocenters. The number of amides is 1. The van der Waals surface area contributed by atoms with E-state index in [-0.39, 0.29) is 11.8 Å². The first-order valence-corrected chi connectivity index (χ1v) is 5.66. The lowest BCUT2D eigenvalue weighted by Crippen LogP contribution is -2.30. The summed E-state index contributed by atoms with van der Waals surface area (Å²) >= 11 is 0. The van der Waals surface area contributed by atoms with Gasteiger partial charge in [0, 0.05) is 6.04 Å². The second kappa shape index (κ2) is 4.47. The van der Waals surface area contributed by atoms with Crippen LogP contribution in [0, 0.1) is 0 Å². The van der Waals surface area contributed by atoms with Gasteiger partial charge in [0.2, 0.25) is 5.91 Å². The Morgan fingerprint density at radius 3 is 2.60 bits per heavy atom. The van der Waals surface area contributed by atoms with Gasteiger partial charge in [-0.05, 0) is 24.8 Å². The molecule has 2 rings (SSSR count). The Kier molecular flexibility index (Phi) is 3.05. The highest BCUT2D eigenvalue weighted by Crippen LogP contribution is 2.23. The fourth-order valence-corrected chi connectivity index (χ4v) is 1.79. The maximum atomic E-state index is 11.9. The van der Waals surface area contributed by atoms with Crippen LogP contribution in [-0.2, 0) is 4.79 Å². The van der Waals surface area contributed by atoms with Crippen LogP contribution in [0.15, 0.2) is 30.3 Å². The summed E-state index contributed by atoms with van der Waals surface area (Å²) < 4.78 is 0. The molecular weight excluding hydrogens is 186 g/mol. The van der Waals surface area contributed by atoms with Gasteiger partial charge in [0.1, 0.15) is 0 Å². The van der Waals surface area contributed by atoms with Crippen molar-refractivity contribution in [1.29, 1.82) is 0 Å². The Hall–Kier alpha value is -1.31. The standard InChI is InChI=1S/C13H17NO/c1-2-12(10-6-4-3-5-7-10)13(15)14-11-8-9-11/h3-7,11-12H,2,8-9H2,1H3,(H,14,15). The van der Waals surface area contributed by atoms with Crippen LogP contribution in [-0.4, -0.2) is 11.9 Å². The molecule has 1 fully saturated rings.